The highest BCUT2D eigenvalue weighted by atomic mass is 16.5. The average molecular weight is 297 g/mol. The molecule has 0 spiro atoms. The lowest BCUT2D eigenvalue weighted by molar-refractivity contribution is 0.0435. The van der Waals surface area contributed by atoms with Gasteiger partial charge in [-0.15, -0.1) is 0 Å². The molecule has 0 fully saturated rings. The van der Waals surface area contributed by atoms with Crippen LogP contribution in [0.5, 0.6) is 5.75 Å². The number of nitrogens with two attached hydrogens (primary N) is 1. The number of benzene rings is 1. The summed E-state index contributed by atoms with van der Waals surface area (Å²) in [7, 11) is 1.56. The van der Waals surface area contributed by atoms with Crippen molar-refractivity contribution in [3.63, 3.8) is 0 Å². The fraction of sp³-hybridized carbons (Fsp3) is 0.533. The Bertz CT molecular complexity index is 436. The van der Waals surface area contributed by atoms with Gasteiger partial charge in [-0.3, -0.25) is 4.79 Å². The van der Waals surface area contributed by atoms with Gasteiger partial charge in [-0.25, -0.2) is 0 Å². The van der Waals surface area contributed by atoms with Crippen LogP contribution in [0.15, 0.2) is 18.2 Å². The molecule has 0 saturated heterocycles. The summed E-state index contributed by atoms with van der Waals surface area (Å²) in [6.45, 7) is 2.05. The van der Waals surface area contributed by atoms with Crippen molar-refractivity contribution < 1.29 is 24.1 Å². The van der Waals surface area contributed by atoms with Crippen molar-refractivity contribution in [2.45, 2.75) is 12.8 Å². The van der Waals surface area contributed by atoms with Crippen molar-refractivity contribution in [3.05, 3.63) is 29.3 Å². The van der Waals surface area contributed by atoms with Crippen LogP contribution in [0.1, 0.15) is 22.3 Å². The Hall–Kier alpha value is -1.63. The lowest BCUT2D eigenvalue weighted by atomic mass is 10.0. The summed E-state index contributed by atoms with van der Waals surface area (Å²) in [5.41, 5.74) is 6.57. The van der Waals surface area contributed by atoms with Crippen molar-refractivity contribution in [1.82, 2.24) is 0 Å². The number of aliphatic hydroxyl groups excluding tert-OH is 1. The molecule has 0 radical (unpaired) electrons. The standard InChI is InChI=1S/C15H23NO5/c1-19-14-5-2-4-13(15(16)18)12(14)6-9-21-11-10-20-8-3-7-17/h2,4-5,17H,3,6-11H2,1H3,(H2,16,18). The number of rotatable bonds is 11. The molecule has 0 aliphatic heterocycles. The normalized spacial score (nSPS) is 10.6. The van der Waals surface area contributed by atoms with Crippen LogP contribution in [-0.4, -0.2) is 51.2 Å². The Kier molecular flexibility index (Phi) is 8.42. The van der Waals surface area contributed by atoms with Crippen molar-refractivity contribution in [1.29, 1.82) is 0 Å². The highest BCUT2D eigenvalue weighted by molar-refractivity contribution is 5.95. The summed E-state index contributed by atoms with van der Waals surface area (Å²) in [5.74, 6) is 0.158. The molecule has 0 aliphatic rings. The van der Waals surface area contributed by atoms with Gasteiger partial charge in [0, 0.05) is 30.8 Å². The van der Waals surface area contributed by atoms with E-state index in [2.05, 4.69) is 0 Å². The summed E-state index contributed by atoms with van der Waals surface area (Å²) in [6.07, 6.45) is 1.17. The predicted octanol–water partition coefficient (Wildman–Crippen LogP) is 0.752. The van der Waals surface area contributed by atoms with E-state index >= 15 is 0 Å². The van der Waals surface area contributed by atoms with Crippen molar-refractivity contribution >= 4 is 5.91 Å². The molecule has 0 heterocycles. The van der Waals surface area contributed by atoms with Gasteiger partial charge in [0.25, 0.3) is 0 Å². The summed E-state index contributed by atoms with van der Waals surface area (Å²) < 4.78 is 16.0. The fourth-order valence-electron chi connectivity index (χ4n) is 1.91. The van der Waals surface area contributed by atoms with E-state index in [1.165, 1.54) is 0 Å². The Balaban J connectivity index is 2.39. The molecule has 1 amide bonds. The second kappa shape index (κ2) is 10.1. The van der Waals surface area contributed by atoms with E-state index in [1.807, 2.05) is 0 Å². The van der Waals surface area contributed by atoms with Crippen LogP contribution in [0.4, 0.5) is 0 Å². The van der Waals surface area contributed by atoms with E-state index in [1.54, 1.807) is 25.3 Å². The zero-order chi connectivity index (χ0) is 15.5. The molecular formula is C15H23NO5. The Morgan fingerprint density at radius 2 is 1.90 bits per heavy atom. The summed E-state index contributed by atoms with van der Waals surface area (Å²) in [4.78, 5) is 11.4. The molecule has 0 unspecified atom stereocenters. The molecular weight excluding hydrogens is 274 g/mol. The number of carbonyl (C=O) groups is 1. The van der Waals surface area contributed by atoms with Gasteiger partial charge in [0.1, 0.15) is 5.75 Å². The monoisotopic (exact) mass is 297 g/mol. The second-order valence-electron chi connectivity index (χ2n) is 4.40. The molecule has 6 nitrogen and oxygen atoms in total. The average Bonchev–Trinajstić information content (AvgIpc) is 2.49. The van der Waals surface area contributed by atoms with Crippen LogP contribution in [0.3, 0.4) is 0 Å². The van der Waals surface area contributed by atoms with E-state index in [-0.39, 0.29) is 6.61 Å². The molecule has 1 aromatic carbocycles. The number of primary amides is 1. The summed E-state index contributed by atoms with van der Waals surface area (Å²) >= 11 is 0. The first-order valence-corrected chi connectivity index (χ1v) is 6.92. The third-order valence-electron chi connectivity index (χ3n) is 2.93. The van der Waals surface area contributed by atoms with Gasteiger partial charge in [-0.05, 0) is 18.6 Å². The highest BCUT2D eigenvalue weighted by Gasteiger charge is 2.12. The van der Waals surface area contributed by atoms with E-state index in [4.69, 9.17) is 25.1 Å². The molecule has 21 heavy (non-hydrogen) atoms. The lowest BCUT2D eigenvalue weighted by Crippen LogP contribution is -2.16. The van der Waals surface area contributed by atoms with Crippen molar-refractivity contribution in [2.24, 2.45) is 5.73 Å². The molecule has 0 bridgehead atoms. The zero-order valence-corrected chi connectivity index (χ0v) is 12.3. The highest BCUT2D eigenvalue weighted by Crippen LogP contribution is 2.22. The number of methoxy groups -OCH3 is 1. The minimum atomic E-state index is -0.476. The van der Waals surface area contributed by atoms with Crippen LogP contribution >= 0.6 is 0 Å². The van der Waals surface area contributed by atoms with Gasteiger partial charge in [0.05, 0.1) is 26.9 Å². The molecule has 6 heteroatoms. The van der Waals surface area contributed by atoms with Gasteiger partial charge < -0.3 is 25.1 Å². The Labute approximate surface area is 124 Å². The molecule has 0 saturated carbocycles. The van der Waals surface area contributed by atoms with Gasteiger partial charge in [0.15, 0.2) is 0 Å². The maximum atomic E-state index is 11.4. The van der Waals surface area contributed by atoms with Crippen LogP contribution < -0.4 is 10.5 Å². The minimum absolute atomic E-state index is 0.130. The smallest absolute Gasteiger partial charge is 0.249 e. The largest absolute Gasteiger partial charge is 0.496 e. The molecule has 0 aliphatic carbocycles. The van der Waals surface area contributed by atoms with Crippen LogP contribution in [0.25, 0.3) is 0 Å². The molecule has 0 aromatic heterocycles. The molecule has 1 aromatic rings. The number of ether oxygens (including phenoxy) is 3. The molecule has 0 atom stereocenters. The van der Waals surface area contributed by atoms with Gasteiger partial charge in [0.2, 0.25) is 5.91 Å². The fourth-order valence-corrected chi connectivity index (χ4v) is 1.91. The number of carbonyl (C=O) groups excluding carboxylic acids is 1. The number of aliphatic hydroxyl groups is 1. The van der Waals surface area contributed by atoms with Gasteiger partial charge >= 0.3 is 0 Å². The lowest BCUT2D eigenvalue weighted by Gasteiger charge is -2.12. The molecule has 3 N–H and O–H groups in total. The Morgan fingerprint density at radius 3 is 2.52 bits per heavy atom. The first-order chi connectivity index (χ1) is 10.2. The quantitative estimate of drug-likeness (QED) is 0.588. The molecule has 118 valence electrons. The van der Waals surface area contributed by atoms with E-state index < -0.39 is 5.91 Å². The van der Waals surface area contributed by atoms with Gasteiger partial charge in [-0.1, -0.05) is 6.07 Å². The third kappa shape index (κ3) is 6.12. The predicted molar refractivity (Wildman–Crippen MR) is 78.6 cm³/mol. The Morgan fingerprint density at radius 1 is 1.19 bits per heavy atom. The number of hydrogen-bond donors (Lipinski definition) is 2. The molecule has 1 rings (SSSR count). The summed E-state index contributed by atoms with van der Waals surface area (Å²) in [5, 5.41) is 8.59. The maximum Gasteiger partial charge on any atom is 0.249 e. The van der Waals surface area contributed by atoms with Crippen LogP contribution in [-0.2, 0) is 15.9 Å². The number of amides is 1. The van der Waals surface area contributed by atoms with Crippen molar-refractivity contribution in [2.75, 3.05) is 40.1 Å². The third-order valence-corrected chi connectivity index (χ3v) is 2.93. The van der Waals surface area contributed by atoms with Crippen molar-refractivity contribution in [3.8, 4) is 5.75 Å². The van der Waals surface area contributed by atoms with E-state index in [0.717, 1.165) is 5.56 Å². The first-order valence-electron chi connectivity index (χ1n) is 6.92. The van der Waals surface area contributed by atoms with Gasteiger partial charge in [-0.2, -0.15) is 0 Å². The summed E-state index contributed by atoms with van der Waals surface area (Å²) in [6, 6.07) is 5.20. The first kappa shape index (κ1) is 17.4. The maximum absolute atomic E-state index is 11.4. The second-order valence-corrected chi connectivity index (χ2v) is 4.40. The topological polar surface area (TPSA) is 91.0 Å². The van der Waals surface area contributed by atoms with Crippen LogP contribution in [0.2, 0.25) is 0 Å². The SMILES string of the molecule is COc1cccc(C(N)=O)c1CCOCCOCCCO. The van der Waals surface area contributed by atoms with E-state index in [9.17, 15) is 4.79 Å². The van der Waals surface area contributed by atoms with E-state index in [0.29, 0.717) is 50.6 Å². The number of hydrogen-bond acceptors (Lipinski definition) is 5. The zero-order valence-electron chi connectivity index (χ0n) is 12.3. The minimum Gasteiger partial charge on any atom is -0.496 e. The van der Waals surface area contributed by atoms with Crippen LogP contribution in [0, 0.1) is 0 Å².